The van der Waals surface area contributed by atoms with Gasteiger partial charge in [-0.25, -0.2) is 8.78 Å². The van der Waals surface area contributed by atoms with E-state index in [-0.39, 0.29) is 17.6 Å². The Labute approximate surface area is 117 Å². The maximum atomic E-state index is 14.3. The Morgan fingerprint density at radius 1 is 0.900 bits per heavy atom. The van der Waals surface area contributed by atoms with Crippen LogP contribution in [0.3, 0.4) is 0 Å². The summed E-state index contributed by atoms with van der Waals surface area (Å²) in [5.74, 6) is -0.815. The van der Waals surface area contributed by atoms with Crippen LogP contribution in [-0.4, -0.2) is 0 Å². The van der Waals surface area contributed by atoms with Crippen molar-refractivity contribution >= 4 is 0 Å². The summed E-state index contributed by atoms with van der Waals surface area (Å²) >= 11 is 0. The van der Waals surface area contributed by atoms with E-state index in [1.165, 1.54) is 12.1 Å². The van der Waals surface area contributed by atoms with Crippen molar-refractivity contribution < 1.29 is 8.78 Å². The zero-order valence-corrected chi connectivity index (χ0v) is 10.9. The van der Waals surface area contributed by atoms with Crippen molar-refractivity contribution in [1.82, 2.24) is 0 Å². The monoisotopic (exact) mass is 268 g/mol. The van der Waals surface area contributed by atoms with E-state index in [4.69, 9.17) is 0 Å². The summed E-state index contributed by atoms with van der Waals surface area (Å²) in [5, 5.41) is 0. The van der Waals surface area contributed by atoms with E-state index in [9.17, 15) is 8.78 Å². The first-order valence-electron chi connectivity index (χ1n) is 6.63. The van der Waals surface area contributed by atoms with Crippen LogP contribution < -0.4 is 0 Å². The lowest BCUT2D eigenvalue weighted by Crippen LogP contribution is -2.02. The van der Waals surface area contributed by atoms with Gasteiger partial charge in [0.05, 0.1) is 0 Å². The molecule has 0 fully saturated rings. The summed E-state index contributed by atoms with van der Waals surface area (Å²) in [6, 6.07) is 11.7. The minimum atomic E-state index is -0.379. The number of hydrogen-bond donors (Lipinski definition) is 0. The number of benzene rings is 2. The molecule has 0 amide bonds. The van der Waals surface area contributed by atoms with Crippen LogP contribution in [0.1, 0.15) is 17.9 Å². The first-order valence-corrected chi connectivity index (χ1v) is 6.63. The van der Waals surface area contributed by atoms with Crippen LogP contribution in [0.5, 0.6) is 0 Å². The molecule has 0 bridgehead atoms. The Balaban J connectivity index is 2.03. The van der Waals surface area contributed by atoms with E-state index in [0.717, 1.165) is 0 Å². The van der Waals surface area contributed by atoms with Crippen LogP contribution >= 0.6 is 0 Å². The SMILES string of the molecule is Fc1cc([C@H]2C=CC=CC2)c(F)cc1-c1ccccc1. The largest absolute Gasteiger partial charge is 0.207 e. The highest BCUT2D eigenvalue weighted by molar-refractivity contribution is 5.64. The molecule has 0 N–H and O–H groups in total. The molecular weight excluding hydrogens is 254 g/mol. The fourth-order valence-corrected chi connectivity index (χ4v) is 2.50. The minimum Gasteiger partial charge on any atom is -0.207 e. The zero-order chi connectivity index (χ0) is 13.9. The van der Waals surface area contributed by atoms with Gasteiger partial charge < -0.3 is 0 Å². The van der Waals surface area contributed by atoms with Crippen LogP contribution in [0.4, 0.5) is 8.78 Å². The fourth-order valence-electron chi connectivity index (χ4n) is 2.50. The molecule has 0 saturated heterocycles. The average molecular weight is 268 g/mol. The van der Waals surface area contributed by atoms with Gasteiger partial charge in [-0.3, -0.25) is 0 Å². The third kappa shape index (κ3) is 2.42. The second-order valence-corrected chi connectivity index (χ2v) is 4.87. The number of hydrogen-bond acceptors (Lipinski definition) is 0. The predicted molar refractivity (Wildman–Crippen MR) is 77.4 cm³/mol. The first-order chi connectivity index (χ1) is 9.75. The molecule has 3 rings (SSSR count). The van der Waals surface area contributed by atoms with Crippen LogP contribution in [-0.2, 0) is 0 Å². The Kier molecular flexibility index (Phi) is 3.46. The molecule has 0 aliphatic heterocycles. The number of allylic oxidation sites excluding steroid dienone is 4. The predicted octanol–water partition coefficient (Wildman–Crippen LogP) is 5.23. The van der Waals surface area contributed by atoms with Crippen LogP contribution in [0.25, 0.3) is 11.1 Å². The quantitative estimate of drug-likeness (QED) is 0.699. The smallest absolute Gasteiger partial charge is 0.131 e. The molecule has 0 saturated carbocycles. The first kappa shape index (κ1) is 12.8. The highest BCUT2D eigenvalue weighted by atomic mass is 19.1. The highest BCUT2D eigenvalue weighted by Crippen LogP contribution is 2.32. The van der Waals surface area contributed by atoms with Crippen molar-refractivity contribution in [2.45, 2.75) is 12.3 Å². The lowest BCUT2D eigenvalue weighted by Gasteiger charge is -2.16. The molecule has 0 radical (unpaired) electrons. The van der Waals surface area contributed by atoms with Gasteiger partial charge >= 0.3 is 0 Å². The normalized spacial score (nSPS) is 17.4. The van der Waals surface area contributed by atoms with Crippen molar-refractivity contribution in [2.24, 2.45) is 0 Å². The van der Waals surface area contributed by atoms with E-state index < -0.39 is 0 Å². The van der Waals surface area contributed by atoms with Gasteiger partial charge in [-0.1, -0.05) is 54.6 Å². The van der Waals surface area contributed by atoms with E-state index in [1.807, 2.05) is 42.5 Å². The van der Waals surface area contributed by atoms with Crippen molar-refractivity contribution in [3.63, 3.8) is 0 Å². The van der Waals surface area contributed by atoms with Crippen LogP contribution in [0.15, 0.2) is 66.8 Å². The fraction of sp³-hybridized carbons (Fsp3) is 0.111. The summed E-state index contributed by atoms with van der Waals surface area (Å²) in [6.45, 7) is 0. The molecule has 1 atom stereocenters. The second-order valence-electron chi connectivity index (χ2n) is 4.87. The van der Waals surface area contributed by atoms with Gasteiger partial charge in [-0.15, -0.1) is 0 Å². The summed E-state index contributed by atoms with van der Waals surface area (Å²) < 4.78 is 28.5. The minimum absolute atomic E-state index is 0.0840. The lowest BCUT2D eigenvalue weighted by atomic mass is 9.90. The van der Waals surface area contributed by atoms with Gasteiger partial charge in [-0.2, -0.15) is 0 Å². The Hall–Kier alpha value is -2.22. The summed E-state index contributed by atoms with van der Waals surface area (Å²) in [7, 11) is 0. The van der Waals surface area contributed by atoms with Gasteiger partial charge in [0, 0.05) is 11.5 Å². The molecule has 1 aliphatic carbocycles. The Bertz CT molecular complexity index is 669. The topological polar surface area (TPSA) is 0 Å². The van der Waals surface area contributed by atoms with Crippen molar-refractivity contribution in [2.75, 3.05) is 0 Å². The highest BCUT2D eigenvalue weighted by Gasteiger charge is 2.17. The maximum Gasteiger partial charge on any atom is 0.131 e. The van der Waals surface area contributed by atoms with Gasteiger partial charge in [0.25, 0.3) is 0 Å². The van der Waals surface area contributed by atoms with Gasteiger partial charge in [0.2, 0.25) is 0 Å². The maximum absolute atomic E-state index is 14.3. The number of halogens is 2. The molecule has 0 spiro atoms. The molecule has 2 aromatic carbocycles. The Morgan fingerprint density at radius 2 is 1.70 bits per heavy atom. The number of rotatable bonds is 2. The average Bonchev–Trinajstić information content (AvgIpc) is 2.51. The molecule has 0 heterocycles. The van der Waals surface area contributed by atoms with Gasteiger partial charge in [-0.05, 0) is 29.7 Å². The molecular formula is C18H14F2. The Morgan fingerprint density at radius 3 is 2.40 bits per heavy atom. The van der Waals surface area contributed by atoms with Crippen LogP contribution in [0.2, 0.25) is 0 Å². The molecule has 100 valence electrons. The summed E-state index contributed by atoms with van der Waals surface area (Å²) in [6.07, 6.45) is 8.37. The third-order valence-corrected chi connectivity index (χ3v) is 3.55. The standard InChI is InChI=1S/C18H14F2/c19-17-12-16(14-9-5-2-6-10-14)18(20)11-15(17)13-7-3-1-4-8-13/h1-9,11-12,14H,10H2/t14-/m0/s1. The summed E-state index contributed by atoms with van der Waals surface area (Å²) in [4.78, 5) is 0. The molecule has 20 heavy (non-hydrogen) atoms. The molecule has 0 nitrogen and oxygen atoms in total. The van der Waals surface area contributed by atoms with Crippen LogP contribution in [0, 0.1) is 11.6 Å². The molecule has 2 aromatic rings. The summed E-state index contributed by atoms with van der Waals surface area (Å²) in [5.41, 5.74) is 1.42. The van der Waals surface area contributed by atoms with Crippen molar-refractivity contribution in [3.8, 4) is 11.1 Å². The molecule has 0 unspecified atom stereocenters. The van der Waals surface area contributed by atoms with E-state index in [1.54, 1.807) is 12.1 Å². The van der Waals surface area contributed by atoms with E-state index in [2.05, 4.69) is 0 Å². The lowest BCUT2D eigenvalue weighted by molar-refractivity contribution is 0.579. The molecule has 1 aliphatic rings. The second kappa shape index (κ2) is 5.41. The zero-order valence-electron chi connectivity index (χ0n) is 10.9. The third-order valence-electron chi connectivity index (χ3n) is 3.55. The van der Waals surface area contributed by atoms with Gasteiger partial charge in [0.1, 0.15) is 11.6 Å². The van der Waals surface area contributed by atoms with Gasteiger partial charge in [0.15, 0.2) is 0 Å². The molecule has 2 heteroatoms. The van der Waals surface area contributed by atoms with Crippen molar-refractivity contribution in [3.05, 3.63) is 84.0 Å². The van der Waals surface area contributed by atoms with E-state index in [0.29, 0.717) is 23.1 Å². The molecule has 0 aromatic heterocycles. The van der Waals surface area contributed by atoms with E-state index >= 15 is 0 Å². The van der Waals surface area contributed by atoms with Crippen molar-refractivity contribution in [1.29, 1.82) is 0 Å².